The first-order valence-electron chi connectivity index (χ1n) is 12.1. The van der Waals surface area contributed by atoms with E-state index < -0.39 is 0 Å². The van der Waals surface area contributed by atoms with E-state index in [1.165, 1.54) is 63.0 Å². The van der Waals surface area contributed by atoms with Gasteiger partial charge in [0.05, 0.1) is 6.54 Å². The van der Waals surface area contributed by atoms with Gasteiger partial charge in [0.15, 0.2) is 5.96 Å². The normalized spacial score (nSPS) is 20.0. The summed E-state index contributed by atoms with van der Waals surface area (Å²) in [7, 11) is 0. The molecule has 0 radical (unpaired) electrons. The Hall–Kier alpha value is -0.860. The number of hydrogen-bond acceptors (Lipinski definition) is 3. The number of rotatable bonds is 7. The molecule has 2 aliphatic heterocycles. The lowest BCUT2D eigenvalue weighted by molar-refractivity contribution is 0.167. The lowest BCUT2D eigenvalue weighted by Gasteiger charge is -2.35. The van der Waals surface area contributed by atoms with Gasteiger partial charge in [0.1, 0.15) is 0 Å². The van der Waals surface area contributed by atoms with E-state index in [1.54, 1.807) is 0 Å². The Labute approximate surface area is 207 Å². The third-order valence-electron chi connectivity index (χ3n) is 6.64. The number of nitrogens with one attached hydrogen (secondary N) is 2. The molecule has 6 heteroatoms. The van der Waals surface area contributed by atoms with Crippen LogP contribution in [0.15, 0.2) is 29.3 Å². The predicted octanol–water partition coefficient (Wildman–Crippen LogP) is 4.46. The van der Waals surface area contributed by atoms with Crippen LogP contribution < -0.4 is 10.6 Å². The zero-order valence-corrected chi connectivity index (χ0v) is 22.4. The highest BCUT2D eigenvalue weighted by Gasteiger charge is 2.21. The van der Waals surface area contributed by atoms with Crippen molar-refractivity contribution in [2.24, 2.45) is 10.9 Å². The molecule has 0 unspecified atom stereocenters. The topological polar surface area (TPSA) is 42.9 Å². The lowest BCUT2D eigenvalue weighted by Crippen LogP contribution is -2.49. The molecule has 3 rings (SSSR count). The number of piperidine rings is 2. The van der Waals surface area contributed by atoms with E-state index in [0.29, 0.717) is 12.1 Å². The van der Waals surface area contributed by atoms with Crippen LogP contribution >= 0.6 is 24.0 Å². The van der Waals surface area contributed by atoms with Gasteiger partial charge in [-0.3, -0.25) is 4.90 Å². The SMILES string of the molecule is CCNC(=NCc1cccc(CN2CCC(C)CC2)c1)NC1CCN(C(C)C)CC1.I. The van der Waals surface area contributed by atoms with Crippen LogP contribution in [0.2, 0.25) is 0 Å². The first-order chi connectivity index (χ1) is 14.5. The molecule has 0 aromatic heterocycles. The summed E-state index contributed by atoms with van der Waals surface area (Å²) >= 11 is 0. The monoisotopic (exact) mass is 541 g/mol. The summed E-state index contributed by atoms with van der Waals surface area (Å²) in [4.78, 5) is 10.1. The summed E-state index contributed by atoms with van der Waals surface area (Å²) in [6, 6.07) is 10.2. The minimum absolute atomic E-state index is 0. The van der Waals surface area contributed by atoms with Gasteiger partial charge < -0.3 is 15.5 Å². The highest BCUT2D eigenvalue weighted by molar-refractivity contribution is 14.0. The molecule has 0 saturated carbocycles. The molecule has 0 bridgehead atoms. The number of nitrogens with zero attached hydrogens (tertiary/aromatic N) is 3. The molecule has 176 valence electrons. The Bertz CT molecular complexity index is 662. The van der Waals surface area contributed by atoms with Gasteiger partial charge in [-0.2, -0.15) is 0 Å². The van der Waals surface area contributed by atoms with Crippen molar-refractivity contribution in [2.45, 2.75) is 78.6 Å². The molecule has 0 aliphatic carbocycles. The zero-order chi connectivity index (χ0) is 21.3. The lowest BCUT2D eigenvalue weighted by atomic mass is 9.98. The van der Waals surface area contributed by atoms with E-state index in [9.17, 15) is 0 Å². The largest absolute Gasteiger partial charge is 0.357 e. The minimum atomic E-state index is 0. The van der Waals surface area contributed by atoms with Crippen molar-refractivity contribution < 1.29 is 0 Å². The first kappa shape index (κ1) is 26.4. The average Bonchev–Trinajstić information content (AvgIpc) is 2.74. The van der Waals surface area contributed by atoms with E-state index >= 15 is 0 Å². The van der Waals surface area contributed by atoms with Crippen molar-refractivity contribution in [3.8, 4) is 0 Å². The maximum atomic E-state index is 4.90. The number of guanidine groups is 1. The van der Waals surface area contributed by atoms with Gasteiger partial charge in [0.2, 0.25) is 0 Å². The summed E-state index contributed by atoms with van der Waals surface area (Å²) < 4.78 is 0. The van der Waals surface area contributed by atoms with E-state index in [4.69, 9.17) is 4.99 Å². The molecule has 2 aliphatic rings. The second-order valence-electron chi connectivity index (χ2n) is 9.52. The molecule has 2 saturated heterocycles. The summed E-state index contributed by atoms with van der Waals surface area (Å²) in [6.07, 6.45) is 5.04. The molecule has 0 atom stereocenters. The van der Waals surface area contributed by atoms with E-state index in [1.807, 2.05) is 0 Å². The third kappa shape index (κ3) is 8.89. The van der Waals surface area contributed by atoms with Gasteiger partial charge in [-0.15, -0.1) is 24.0 Å². The number of likely N-dealkylation sites (tertiary alicyclic amines) is 2. The van der Waals surface area contributed by atoms with Crippen LogP contribution in [-0.4, -0.2) is 60.6 Å². The molecule has 0 amide bonds. The van der Waals surface area contributed by atoms with Gasteiger partial charge in [-0.25, -0.2) is 4.99 Å². The Morgan fingerprint density at radius 2 is 1.74 bits per heavy atom. The second kappa shape index (κ2) is 13.6. The fourth-order valence-electron chi connectivity index (χ4n) is 4.55. The highest BCUT2D eigenvalue weighted by Crippen LogP contribution is 2.19. The van der Waals surface area contributed by atoms with Gasteiger partial charge in [-0.1, -0.05) is 31.2 Å². The van der Waals surface area contributed by atoms with Crippen molar-refractivity contribution >= 4 is 29.9 Å². The van der Waals surface area contributed by atoms with Gasteiger partial charge in [0.25, 0.3) is 0 Å². The van der Waals surface area contributed by atoms with E-state index in [0.717, 1.165) is 31.5 Å². The summed E-state index contributed by atoms with van der Waals surface area (Å²) in [5, 5.41) is 7.11. The van der Waals surface area contributed by atoms with Crippen LogP contribution in [0.4, 0.5) is 0 Å². The van der Waals surface area contributed by atoms with Crippen LogP contribution in [0.3, 0.4) is 0 Å². The van der Waals surface area contributed by atoms with Gasteiger partial charge in [-0.05, 0) is 76.6 Å². The summed E-state index contributed by atoms with van der Waals surface area (Å²) in [5.41, 5.74) is 2.71. The first-order valence-corrected chi connectivity index (χ1v) is 12.1. The molecular formula is C25H44IN5. The quantitative estimate of drug-likeness (QED) is 0.304. The Kier molecular flexibility index (Phi) is 11.6. The predicted molar refractivity (Wildman–Crippen MR) is 143 cm³/mol. The average molecular weight is 542 g/mol. The Balaban J connectivity index is 0.00000341. The maximum Gasteiger partial charge on any atom is 0.191 e. The van der Waals surface area contributed by atoms with Crippen LogP contribution in [0.1, 0.15) is 64.5 Å². The molecular weight excluding hydrogens is 497 g/mol. The number of hydrogen-bond donors (Lipinski definition) is 2. The van der Waals surface area contributed by atoms with Crippen molar-refractivity contribution in [3.63, 3.8) is 0 Å². The summed E-state index contributed by atoms with van der Waals surface area (Å²) in [6.45, 7) is 16.6. The van der Waals surface area contributed by atoms with Crippen molar-refractivity contribution in [1.82, 2.24) is 20.4 Å². The number of aliphatic imine (C=N–C) groups is 1. The van der Waals surface area contributed by atoms with E-state index in [2.05, 4.69) is 72.4 Å². The van der Waals surface area contributed by atoms with E-state index in [-0.39, 0.29) is 24.0 Å². The molecule has 1 aromatic carbocycles. The molecule has 2 heterocycles. The minimum Gasteiger partial charge on any atom is -0.357 e. The molecule has 1 aromatic rings. The highest BCUT2D eigenvalue weighted by atomic mass is 127. The third-order valence-corrected chi connectivity index (χ3v) is 6.64. The van der Waals surface area contributed by atoms with Crippen molar-refractivity contribution in [1.29, 1.82) is 0 Å². The van der Waals surface area contributed by atoms with Crippen molar-refractivity contribution in [3.05, 3.63) is 35.4 Å². The fraction of sp³-hybridized carbons (Fsp3) is 0.720. The van der Waals surface area contributed by atoms with Crippen LogP contribution in [0, 0.1) is 5.92 Å². The zero-order valence-electron chi connectivity index (χ0n) is 20.1. The van der Waals surface area contributed by atoms with Crippen LogP contribution in [0.5, 0.6) is 0 Å². The molecule has 2 fully saturated rings. The van der Waals surface area contributed by atoms with Crippen molar-refractivity contribution in [2.75, 3.05) is 32.7 Å². The Morgan fingerprint density at radius 1 is 1.06 bits per heavy atom. The fourth-order valence-corrected chi connectivity index (χ4v) is 4.55. The van der Waals surface area contributed by atoms with Crippen LogP contribution in [-0.2, 0) is 13.1 Å². The molecule has 31 heavy (non-hydrogen) atoms. The summed E-state index contributed by atoms with van der Waals surface area (Å²) in [5.74, 6) is 1.84. The van der Waals surface area contributed by atoms with Gasteiger partial charge >= 0.3 is 0 Å². The smallest absolute Gasteiger partial charge is 0.191 e. The number of benzene rings is 1. The molecule has 5 nitrogen and oxygen atoms in total. The van der Waals surface area contributed by atoms with Gasteiger partial charge in [0, 0.05) is 38.3 Å². The Morgan fingerprint density at radius 3 is 2.39 bits per heavy atom. The molecule has 2 N–H and O–H groups in total. The van der Waals surface area contributed by atoms with Crippen LogP contribution in [0.25, 0.3) is 0 Å². The standard InChI is InChI=1S/C25H43N5.HI/c1-5-26-25(28-24-11-15-30(16-12-24)20(2)3)27-18-22-7-6-8-23(17-22)19-29-13-9-21(4)10-14-29;/h6-8,17,20-21,24H,5,9-16,18-19H2,1-4H3,(H2,26,27,28);1H. The second-order valence-corrected chi connectivity index (χ2v) is 9.52. The number of halogens is 1. The maximum absolute atomic E-state index is 4.90. The molecule has 0 spiro atoms.